The minimum Gasteiger partial charge on any atom is -0.310 e. The average molecular weight is 1070 g/mol. The van der Waals surface area contributed by atoms with Crippen molar-refractivity contribution in [2.45, 2.75) is 5.41 Å². The van der Waals surface area contributed by atoms with Gasteiger partial charge in [0.1, 0.15) is 0 Å². The SMILES string of the molecule is c1ccc(-c2nc(-c3cccc(-n4c5c(c6cc(N(c7ccccc7)c7ccccc7-c7ccccc7)ccc64)C4(c6ccccc6-c6ccccc64)c4ccccc4-5)c3)nc(-c3ccc4c(c3)c3ccccc3n4-c3ccccc3)n2)cc1. The predicted molar refractivity (Wildman–Crippen MR) is 344 cm³/mol. The number of nitrogens with zero attached hydrogens (tertiary/aromatic N) is 6. The summed E-state index contributed by atoms with van der Waals surface area (Å²) in [7, 11) is 0. The fraction of sp³-hybridized carbons (Fsp3) is 0.0128. The molecule has 3 heterocycles. The predicted octanol–water partition coefficient (Wildman–Crippen LogP) is 19.4. The number of aromatic nitrogens is 5. The van der Waals surface area contributed by atoms with Crippen molar-refractivity contribution in [3.05, 3.63) is 326 Å². The Balaban J connectivity index is 0.906. The molecule has 0 unspecified atom stereocenters. The molecule has 0 amide bonds. The van der Waals surface area contributed by atoms with Crippen LogP contribution < -0.4 is 4.90 Å². The molecule has 6 heteroatoms. The second kappa shape index (κ2) is 18.9. The molecule has 3 aromatic heterocycles. The zero-order valence-electron chi connectivity index (χ0n) is 45.6. The highest BCUT2D eigenvalue weighted by Crippen LogP contribution is 2.65. The van der Waals surface area contributed by atoms with Gasteiger partial charge in [0.15, 0.2) is 17.5 Å². The Bertz CT molecular complexity index is 5040. The molecule has 392 valence electrons. The van der Waals surface area contributed by atoms with E-state index in [2.05, 4.69) is 299 Å². The van der Waals surface area contributed by atoms with Crippen molar-refractivity contribution in [1.29, 1.82) is 0 Å². The summed E-state index contributed by atoms with van der Waals surface area (Å²) in [6.45, 7) is 0. The highest BCUT2D eigenvalue weighted by atomic mass is 15.1. The Morgan fingerprint density at radius 3 is 1.48 bits per heavy atom. The number of hydrogen-bond donors (Lipinski definition) is 0. The van der Waals surface area contributed by atoms with Crippen molar-refractivity contribution in [2.75, 3.05) is 4.90 Å². The Morgan fingerprint density at radius 2 is 0.774 bits per heavy atom. The lowest BCUT2D eigenvalue weighted by Gasteiger charge is -2.31. The van der Waals surface area contributed by atoms with E-state index in [-0.39, 0.29) is 0 Å². The van der Waals surface area contributed by atoms with E-state index in [0.717, 1.165) is 78.2 Å². The standard InChI is InChI=1S/C78H50N6/c1-5-24-51(25-6-1)59-34-16-21-42-69(59)82(55-29-9-3-10-30-55)58-45-47-72-65(50-58)73-74(63-38-15-20-41-68(63)78(73)66-39-18-13-35-60(66)61-36-14-19-40-67(61)78)84(72)57-33-23-28-53(48-57)76-79-75(52-26-7-2-8-27-52)80-77(81-76)54-44-46-71-64(49-54)62-37-17-22-43-70(62)83(71)56-31-11-4-12-32-56/h1-50H. The lowest BCUT2D eigenvalue weighted by Crippen LogP contribution is -2.25. The molecule has 0 saturated heterocycles. The first-order valence-electron chi connectivity index (χ1n) is 28.7. The van der Waals surface area contributed by atoms with Gasteiger partial charge in [0.25, 0.3) is 0 Å². The van der Waals surface area contributed by atoms with Gasteiger partial charge >= 0.3 is 0 Å². The van der Waals surface area contributed by atoms with Crippen molar-refractivity contribution >= 4 is 49.8 Å². The zero-order valence-corrected chi connectivity index (χ0v) is 45.6. The maximum Gasteiger partial charge on any atom is 0.164 e. The summed E-state index contributed by atoms with van der Waals surface area (Å²) >= 11 is 0. The molecule has 6 nitrogen and oxygen atoms in total. The molecule has 0 bridgehead atoms. The first-order valence-corrected chi connectivity index (χ1v) is 28.7. The van der Waals surface area contributed by atoms with Crippen LogP contribution in [-0.4, -0.2) is 24.1 Å². The van der Waals surface area contributed by atoms with Gasteiger partial charge < -0.3 is 14.0 Å². The van der Waals surface area contributed by atoms with E-state index in [1.54, 1.807) is 0 Å². The van der Waals surface area contributed by atoms with Gasteiger partial charge in [-0.3, -0.25) is 0 Å². The van der Waals surface area contributed by atoms with E-state index in [0.29, 0.717) is 17.5 Å². The van der Waals surface area contributed by atoms with Gasteiger partial charge in [-0.2, -0.15) is 0 Å². The van der Waals surface area contributed by atoms with Crippen LogP contribution in [0, 0.1) is 0 Å². The van der Waals surface area contributed by atoms with Crippen molar-refractivity contribution in [3.8, 4) is 79.0 Å². The molecule has 0 atom stereocenters. The quantitative estimate of drug-likeness (QED) is 0.145. The fourth-order valence-electron chi connectivity index (χ4n) is 13.9. The summed E-state index contributed by atoms with van der Waals surface area (Å²) < 4.78 is 4.85. The maximum atomic E-state index is 5.43. The highest BCUT2D eigenvalue weighted by molar-refractivity contribution is 6.11. The molecular formula is C78H50N6. The van der Waals surface area contributed by atoms with Crippen LogP contribution in [0.25, 0.3) is 112 Å². The van der Waals surface area contributed by atoms with Crippen molar-refractivity contribution in [2.24, 2.45) is 0 Å². The van der Waals surface area contributed by atoms with Gasteiger partial charge in [0, 0.05) is 72.3 Å². The van der Waals surface area contributed by atoms with Crippen LogP contribution in [0.1, 0.15) is 22.3 Å². The summed E-state index contributed by atoms with van der Waals surface area (Å²) in [4.78, 5) is 18.5. The normalized spacial score (nSPS) is 12.6. The Labute approximate surface area is 486 Å². The molecule has 1 spiro atoms. The summed E-state index contributed by atoms with van der Waals surface area (Å²) in [6, 6.07) is 110. The highest BCUT2D eigenvalue weighted by Gasteiger charge is 2.54. The second-order valence-electron chi connectivity index (χ2n) is 21.8. The van der Waals surface area contributed by atoms with Crippen molar-refractivity contribution < 1.29 is 0 Å². The monoisotopic (exact) mass is 1070 g/mol. The second-order valence-corrected chi connectivity index (χ2v) is 21.8. The van der Waals surface area contributed by atoms with Gasteiger partial charge in [-0.05, 0) is 118 Å². The molecule has 0 saturated carbocycles. The number of rotatable bonds is 9. The molecule has 12 aromatic carbocycles. The van der Waals surface area contributed by atoms with Crippen LogP contribution >= 0.6 is 0 Å². The van der Waals surface area contributed by atoms with E-state index in [1.165, 1.54) is 55.4 Å². The number of fused-ring (bicyclic) bond motifs is 15. The van der Waals surface area contributed by atoms with Gasteiger partial charge in [0.2, 0.25) is 0 Å². The minimum atomic E-state index is -0.624. The molecule has 0 N–H and O–H groups in total. The number of para-hydroxylation sites is 4. The van der Waals surface area contributed by atoms with E-state index in [1.807, 2.05) is 18.2 Å². The third-order valence-corrected chi connectivity index (χ3v) is 17.3. The molecule has 84 heavy (non-hydrogen) atoms. The first kappa shape index (κ1) is 47.6. The number of anilines is 3. The third-order valence-electron chi connectivity index (χ3n) is 17.3. The van der Waals surface area contributed by atoms with Crippen LogP contribution in [0.5, 0.6) is 0 Å². The van der Waals surface area contributed by atoms with Crippen LogP contribution in [0.3, 0.4) is 0 Å². The van der Waals surface area contributed by atoms with Gasteiger partial charge in [-0.1, -0.05) is 218 Å². The third kappa shape index (κ3) is 7.14. The summed E-state index contributed by atoms with van der Waals surface area (Å²) in [5.74, 6) is 1.81. The van der Waals surface area contributed by atoms with Crippen molar-refractivity contribution in [1.82, 2.24) is 24.1 Å². The Morgan fingerprint density at radius 1 is 0.286 bits per heavy atom. The van der Waals surface area contributed by atoms with E-state index < -0.39 is 5.41 Å². The van der Waals surface area contributed by atoms with E-state index in [4.69, 9.17) is 15.0 Å². The molecule has 15 aromatic rings. The smallest absolute Gasteiger partial charge is 0.164 e. The van der Waals surface area contributed by atoms with Crippen LogP contribution in [0.4, 0.5) is 17.1 Å². The Kier molecular flexibility index (Phi) is 10.7. The number of benzene rings is 12. The average Bonchev–Trinajstić information content (AvgIpc) is 1.60. The molecule has 2 aliphatic rings. The number of hydrogen-bond acceptors (Lipinski definition) is 4. The summed E-state index contributed by atoms with van der Waals surface area (Å²) in [6.07, 6.45) is 0. The molecule has 0 radical (unpaired) electrons. The molecule has 0 fully saturated rings. The van der Waals surface area contributed by atoms with Gasteiger partial charge in [-0.25, -0.2) is 15.0 Å². The van der Waals surface area contributed by atoms with Gasteiger partial charge in [0.05, 0.1) is 33.3 Å². The first-order chi connectivity index (χ1) is 41.7. The molecular weight excluding hydrogens is 1020 g/mol. The summed E-state index contributed by atoms with van der Waals surface area (Å²) in [5.41, 5.74) is 23.1. The van der Waals surface area contributed by atoms with Crippen molar-refractivity contribution in [3.63, 3.8) is 0 Å². The molecule has 17 rings (SSSR count). The Hall–Kier alpha value is -11.2. The van der Waals surface area contributed by atoms with Crippen LogP contribution in [0.2, 0.25) is 0 Å². The lowest BCUT2D eigenvalue weighted by atomic mass is 9.70. The fourth-order valence-corrected chi connectivity index (χ4v) is 13.9. The maximum absolute atomic E-state index is 5.43. The largest absolute Gasteiger partial charge is 0.310 e. The van der Waals surface area contributed by atoms with E-state index >= 15 is 0 Å². The van der Waals surface area contributed by atoms with Gasteiger partial charge in [-0.15, -0.1) is 0 Å². The summed E-state index contributed by atoms with van der Waals surface area (Å²) in [5, 5.41) is 3.47. The molecule has 0 aliphatic heterocycles. The van der Waals surface area contributed by atoms with E-state index in [9.17, 15) is 0 Å². The lowest BCUT2D eigenvalue weighted by molar-refractivity contribution is 0.801. The zero-order chi connectivity index (χ0) is 55.3. The van der Waals surface area contributed by atoms with Crippen LogP contribution in [0.15, 0.2) is 303 Å². The van der Waals surface area contributed by atoms with Crippen LogP contribution in [-0.2, 0) is 5.41 Å². The topological polar surface area (TPSA) is 51.8 Å². The minimum absolute atomic E-state index is 0.592. The molecule has 2 aliphatic carbocycles.